The topological polar surface area (TPSA) is 57.5 Å². The molecule has 0 bridgehead atoms. The van der Waals surface area contributed by atoms with Crippen LogP contribution < -0.4 is 0 Å². The van der Waals surface area contributed by atoms with Gasteiger partial charge in [-0.2, -0.15) is 0 Å². The van der Waals surface area contributed by atoms with Gasteiger partial charge in [-0.1, -0.05) is 78.9 Å². The van der Waals surface area contributed by atoms with E-state index in [1.165, 1.54) is 21.9 Å². The summed E-state index contributed by atoms with van der Waals surface area (Å²) >= 11 is 0. The van der Waals surface area contributed by atoms with Gasteiger partial charge in [0.15, 0.2) is 0 Å². The summed E-state index contributed by atoms with van der Waals surface area (Å²) in [5.41, 5.74) is 3.74. The molecule has 0 aliphatic rings. The van der Waals surface area contributed by atoms with E-state index >= 15 is 0 Å². The summed E-state index contributed by atoms with van der Waals surface area (Å²) in [6.45, 7) is 0. The maximum Gasteiger partial charge on any atom is 0.325 e. The van der Waals surface area contributed by atoms with Gasteiger partial charge in [-0.25, -0.2) is 0 Å². The molecule has 0 radical (unpaired) electrons. The third kappa shape index (κ3) is 8.00. The van der Waals surface area contributed by atoms with Crippen molar-refractivity contribution in [2.75, 3.05) is 6.16 Å². The molecule has 3 aromatic carbocycles. The predicted octanol–water partition coefficient (Wildman–Crippen LogP) is 6.49. The zero-order valence-corrected chi connectivity index (χ0v) is 18.9. The Balaban J connectivity index is 1.54. The van der Waals surface area contributed by atoms with E-state index < -0.39 is 7.60 Å². The molecule has 0 saturated carbocycles. The number of hydrogen-bond donors (Lipinski definition) is 2. The van der Waals surface area contributed by atoms with E-state index in [1.54, 1.807) is 0 Å². The lowest BCUT2D eigenvalue weighted by atomic mass is 9.96. The molecule has 0 aliphatic heterocycles. The van der Waals surface area contributed by atoms with Crippen molar-refractivity contribution >= 4 is 18.4 Å². The van der Waals surface area contributed by atoms with Crippen molar-refractivity contribution in [3.05, 3.63) is 83.4 Å². The molecule has 162 valence electrons. The van der Waals surface area contributed by atoms with Crippen LogP contribution in [0.1, 0.15) is 55.2 Å². The highest BCUT2D eigenvalue weighted by molar-refractivity contribution is 7.51. The molecule has 3 aromatic rings. The Morgan fingerprint density at radius 1 is 0.710 bits per heavy atom. The Kier molecular flexibility index (Phi) is 8.92. The maximum atomic E-state index is 11.0. The summed E-state index contributed by atoms with van der Waals surface area (Å²) in [5.74, 6) is 6.72. The van der Waals surface area contributed by atoms with Crippen LogP contribution in [0.25, 0.3) is 10.8 Å². The highest BCUT2D eigenvalue weighted by atomic mass is 31.2. The highest BCUT2D eigenvalue weighted by Crippen LogP contribution is 2.35. The first-order chi connectivity index (χ1) is 15.0. The van der Waals surface area contributed by atoms with Crippen molar-refractivity contribution in [1.82, 2.24) is 0 Å². The van der Waals surface area contributed by atoms with Crippen LogP contribution in [0.3, 0.4) is 0 Å². The fourth-order valence-electron chi connectivity index (χ4n) is 3.84. The number of unbranched alkanes of at least 4 members (excludes halogenated alkanes) is 4. The van der Waals surface area contributed by atoms with Crippen LogP contribution in [-0.4, -0.2) is 15.9 Å². The first-order valence-corrected chi connectivity index (χ1v) is 12.9. The maximum absolute atomic E-state index is 11.0. The number of rotatable bonds is 10. The number of hydrogen-bond acceptors (Lipinski definition) is 1. The van der Waals surface area contributed by atoms with Crippen LogP contribution in [0.5, 0.6) is 0 Å². The fourth-order valence-corrected chi connectivity index (χ4v) is 4.48. The fraction of sp³-hybridized carbons (Fsp3) is 0.333. The molecule has 31 heavy (non-hydrogen) atoms. The largest absolute Gasteiger partial charge is 0.325 e. The second-order valence-corrected chi connectivity index (χ2v) is 9.79. The van der Waals surface area contributed by atoms with Gasteiger partial charge >= 0.3 is 7.60 Å². The summed E-state index contributed by atoms with van der Waals surface area (Å²) in [4.78, 5) is 17.9. The summed E-state index contributed by atoms with van der Waals surface area (Å²) in [6, 6.07) is 23.2. The highest BCUT2D eigenvalue weighted by Gasteiger charge is 2.11. The zero-order valence-electron chi connectivity index (χ0n) is 18.0. The van der Waals surface area contributed by atoms with Crippen LogP contribution >= 0.6 is 7.60 Å². The van der Waals surface area contributed by atoms with Crippen molar-refractivity contribution in [2.45, 2.75) is 51.4 Å². The Morgan fingerprint density at radius 3 is 2.19 bits per heavy atom. The van der Waals surface area contributed by atoms with Gasteiger partial charge in [-0.3, -0.25) is 4.57 Å². The first kappa shape index (κ1) is 23.3. The van der Waals surface area contributed by atoms with Crippen molar-refractivity contribution in [1.29, 1.82) is 0 Å². The molecule has 3 rings (SSSR count). The Morgan fingerprint density at radius 2 is 1.42 bits per heavy atom. The molecule has 0 spiro atoms. The van der Waals surface area contributed by atoms with Crippen LogP contribution in [0.15, 0.2) is 66.7 Å². The quantitative estimate of drug-likeness (QED) is 0.218. The average molecular weight is 435 g/mol. The standard InChI is InChI=1S/C27H31O3P/c28-31(29,30)22-12-4-9-17-25-21-20-24(26-18-10-11-19-27(25)26)16-8-2-1-5-13-23-14-6-3-7-15-23/h3,6-7,10-11,14-15,18-21H,1-2,4-5,9,12-13,17,22H2,(H2,28,29,30). The van der Waals surface area contributed by atoms with E-state index in [4.69, 9.17) is 9.79 Å². The van der Waals surface area contributed by atoms with Gasteiger partial charge in [0.1, 0.15) is 0 Å². The summed E-state index contributed by atoms with van der Waals surface area (Å²) in [5, 5.41) is 2.42. The molecule has 0 aliphatic carbocycles. The van der Waals surface area contributed by atoms with Gasteiger partial charge in [0.25, 0.3) is 0 Å². The molecule has 0 amide bonds. The van der Waals surface area contributed by atoms with Gasteiger partial charge in [-0.15, -0.1) is 0 Å². The molecular weight excluding hydrogens is 403 g/mol. The van der Waals surface area contributed by atoms with Crippen molar-refractivity contribution in [3.63, 3.8) is 0 Å². The molecule has 0 saturated heterocycles. The van der Waals surface area contributed by atoms with Crippen molar-refractivity contribution in [3.8, 4) is 11.8 Å². The summed E-state index contributed by atoms with van der Waals surface area (Å²) in [6.07, 6.45) is 7.47. The minimum Gasteiger partial charge on any atom is -0.324 e. The van der Waals surface area contributed by atoms with Crippen LogP contribution in [0, 0.1) is 11.8 Å². The van der Waals surface area contributed by atoms with E-state index in [9.17, 15) is 4.57 Å². The Labute approximate surface area is 185 Å². The number of benzene rings is 3. The van der Waals surface area contributed by atoms with Gasteiger partial charge in [0, 0.05) is 18.1 Å². The average Bonchev–Trinajstić information content (AvgIpc) is 2.76. The van der Waals surface area contributed by atoms with E-state index in [2.05, 4.69) is 78.6 Å². The van der Waals surface area contributed by atoms with Crippen LogP contribution in [-0.2, 0) is 17.4 Å². The van der Waals surface area contributed by atoms with Crippen LogP contribution in [0.2, 0.25) is 0 Å². The van der Waals surface area contributed by atoms with E-state index in [-0.39, 0.29) is 6.16 Å². The summed E-state index contributed by atoms with van der Waals surface area (Å²) < 4.78 is 11.0. The molecule has 0 atom stereocenters. The van der Waals surface area contributed by atoms with Crippen molar-refractivity contribution < 1.29 is 14.4 Å². The number of aryl methyl sites for hydroxylation is 2. The first-order valence-electron chi connectivity index (χ1n) is 11.1. The predicted molar refractivity (Wildman–Crippen MR) is 129 cm³/mol. The normalized spacial score (nSPS) is 11.3. The molecule has 0 heterocycles. The lowest BCUT2D eigenvalue weighted by molar-refractivity contribution is 0.371. The van der Waals surface area contributed by atoms with E-state index in [0.29, 0.717) is 6.42 Å². The Bertz CT molecular complexity index is 1070. The molecule has 2 N–H and O–H groups in total. The molecule has 0 unspecified atom stereocenters. The smallest absolute Gasteiger partial charge is 0.324 e. The number of fused-ring (bicyclic) bond motifs is 1. The van der Waals surface area contributed by atoms with E-state index in [0.717, 1.165) is 50.5 Å². The Hall–Kier alpha value is -2.37. The second-order valence-electron chi connectivity index (χ2n) is 8.01. The van der Waals surface area contributed by atoms with E-state index in [1.807, 2.05) is 0 Å². The lowest BCUT2D eigenvalue weighted by Crippen LogP contribution is -1.92. The minimum atomic E-state index is -3.87. The van der Waals surface area contributed by atoms with Gasteiger partial charge in [-0.05, 0) is 66.5 Å². The summed E-state index contributed by atoms with van der Waals surface area (Å²) in [7, 11) is -3.87. The zero-order chi connectivity index (χ0) is 21.9. The minimum absolute atomic E-state index is 0.0202. The molecule has 3 nitrogen and oxygen atoms in total. The SMILES string of the molecule is O=P(O)(O)CCCCCc1ccc(C#CCCCCc2ccccc2)c2ccccc12. The molecular formula is C27H31O3P. The molecule has 4 heteroatoms. The van der Waals surface area contributed by atoms with Gasteiger partial charge in [0.05, 0.1) is 0 Å². The lowest BCUT2D eigenvalue weighted by Gasteiger charge is -2.09. The monoisotopic (exact) mass is 434 g/mol. The molecule has 0 fully saturated rings. The second kappa shape index (κ2) is 11.9. The van der Waals surface area contributed by atoms with Gasteiger partial charge < -0.3 is 9.79 Å². The van der Waals surface area contributed by atoms with Gasteiger partial charge in [0.2, 0.25) is 0 Å². The third-order valence-corrected chi connectivity index (χ3v) is 6.39. The van der Waals surface area contributed by atoms with Crippen molar-refractivity contribution in [2.24, 2.45) is 0 Å². The molecule has 0 aromatic heterocycles. The van der Waals surface area contributed by atoms with Crippen LogP contribution in [0.4, 0.5) is 0 Å². The third-order valence-electron chi connectivity index (χ3n) is 5.49.